The van der Waals surface area contributed by atoms with E-state index in [1.165, 1.54) is 25.7 Å². The molecule has 2 atom stereocenters. The van der Waals surface area contributed by atoms with Crippen molar-refractivity contribution in [1.82, 2.24) is 19.8 Å². The third-order valence-corrected chi connectivity index (χ3v) is 7.19. The lowest BCUT2D eigenvalue weighted by atomic mass is 9.97. The van der Waals surface area contributed by atoms with Gasteiger partial charge in [-0.2, -0.15) is 0 Å². The zero-order valence-corrected chi connectivity index (χ0v) is 19.6. The van der Waals surface area contributed by atoms with Crippen LogP contribution in [0, 0.1) is 0 Å². The lowest BCUT2D eigenvalue weighted by Crippen LogP contribution is -2.44. The highest BCUT2D eigenvalue weighted by molar-refractivity contribution is 6.30. The first kappa shape index (κ1) is 22.3. The highest BCUT2D eigenvalue weighted by Crippen LogP contribution is 2.28. The van der Waals surface area contributed by atoms with E-state index < -0.39 is 0 Å². The zero-order chi connectivity index (χ0) is 21.8. The van der Waals surface area contributed by atoms with E-state index in [-0.39, 0.29) is 5.91 Å². The van der Waals surface area contributed by atoms with Crippen LogP contribution in [0.1, 0.15) is 75.0 Å². The molecule has 2 aromatic rings. The van der Waals surface area contributed by atoms with Crippen molar-refractivity contribution < 1.29 is 4.79 Å². The summed E-state index contributed by atoms with van der Waals surface area (Å²) < 4.78 is 2.25. The van der Waals surface area contributed by atoms with E-state index in [2.05, 4.69) is 28.6 Å². The van der Waals surface area contributed by atoms with Crippen molar-refractivity contribution in [2.45, 2.75) is 83.8 Å². The van der Waals surface area contributed by atoms with Crippen molar-refractivity contribution in [2.24, 2.45) is 0 Å². The predicted molar refractivity (Wildman–Crippen MR) is 127 cm³/mol. The smallest absolute Gasteiger partial charge is 0.271 e. The van der Waals surface area contributed by atoms with Crippen LogP contribution >= 0.6 is 11.6 Å². The predicted octanol–water partition coefficient (Wildman–Crippen LogP) is 5.31. The van der Waals surface area contributed by atoms with E-state index in [1.54, 1.807) is 0 Å². The van der Waals surface area contributed by atoms with Crippen molar-refractivity contribution in [3.05, 3.63) is 40.7 Å². The molecule has 1 saturated heterocycles. The second-order valence-corrected chi connectivity index (χ2v) is 9.61. The van der Waals surface area contributed by atoms with E-state index in [0.29, 0.717) is 29.3 Å². The van der Waals surface area contributed by atoms with Crippen molar-refractivity contribution in [2.75, 3.05) is 13.1 Å². The molecule has 0 spiro atoms. The summed E-state index contributed by atoms with van der Waals surface area (Å²) in [5.41, 5.74) is 2.70. The van der Waals surface area contributed by atoms with Crippen LogP contribution in [0.15, 0.2) is 24.3 Å². The molecule has 5 nitrogen and oxygen atoms in total. The number of carbonyl (C=O) groups is 1. The summed E-state index contributed by atoms with van der Waals surface area (Å²) in [6, 6.07) is 9.04. The van der Waals surface area contributed by atoms with Gasteiger partial charge in [0, 0.05) is 42.3 Å². The minimum atomic E-state index is -0.0365. The third kappa shape index (κ3) is 5.15. The van der Waals surface area contributed by atoms with Gasteiger partial charge in [-0.15, -0.1) is 0 Å². The monoisotopic (exact) mass is 442 g/mol. The van der Waals surface area contributed by atoms with Crippen molar-refractivity contribution >= 4 is 17.5 Å². The number of piperidine rings is 1. The van der Waals surface area contributed by atoms with Gasteiger partial charge in [0.1, 0.15) is 11.5 Å². The van der Waals surface area contributed by atoms with Gasteiger partial charge in [-0.3, -0.25) is 9.69 Å². The van der Waals surface area contributed by atoms with Crippen LogP contribution < -0.4 is 5.32 Å². The third-order valence-electron chi connectivity index (χ3n) is 6.94. The molecule has 1 fully saturated rings. The molecule has 4 rings (SSSR count). The minimum absolute atomic E-state index is 0.0365. The zero-order valence-electron chi connectivity index (χ0n) is 18.9. The number of carbonyl (C=O) groups excluding carboxylic acids is 1. The Bertz CT molecular complexity index is 882. The van der Waals surface area contributed by atoms with Gasteiger partial charge >= 0.3 is 0 Å². The summed E-state index contributed by atoms with van der Waals surface area (Å²) in [6.45, 7) is 7.30. The van der Waals surface area contributed by atoms with Crippen LogP contribution in [0.3, 0.4) is 0 Å². The van der Waals surface area contributed by atoms with Crippen LogP contribution in [0.4, 0.5) is 0 Å². The number of hydrogen-bond donors (Lipinski definition) is 1. The Morgan fingerprint density at radius 1 is 1.10 bits per heavy atom. The normalized spacial score (nSPS) is 22.0. The fraction of sp³-hybridized carbons (Fsp3) is 0.600. The van der Waals surface area contributed by atoms with Gasteiger partial charge in [-0.1, -0.05) is 24.4 Å². The fourth-order valence-electron chi connectivity index (χ4n) is 5.18. The van der Waals surface area contributed by atoms with Crippen LogP contribution in [0.5, 0.6) is 0 Å². The summed E-state index contributed by atoms with van der Waals surface area (Å²) in [7, 11) is 0. The topological polar surface area (TPSA) is 50.2 Å². The summed E-state index contributed by atoms with van der Waals surface area (Å²) in [4.78, 5) is 20.5. The number of nitrogens with one attached hydrogen (secondary N) is 1. The summed E-state index contributed by atoms with van der Waals surface area (Å²) >= 11 is 6.07. The Morgan fingerprint density at radius 3 is 2.58 bits per heavy atom. The quantitative estimate of drug-likeness (QED) is 0.616. The maximum absolute atomic E-state index is 13.1. The minimum Gasteiger partial charge on any atom is -0.351 e. The number of imidazole rings is 1. The van der Waals surface area contributed by atoms with Gasteiger partial charge in [-0.05, 0) is 76.6 Å². The molecule has 0 unspecified atom stereocenters. The Balaban J connectivity index is 1.44. The van der Waals surface area contributed by atoms with Crippen LogP contribution in [0.2, 0.25) is 5.02 Å². The molecule has 0 saturated carbocycles. The first-order valence-corrected chi connectivity index (χ1v) is 12.3. The highest BCUT2D eigenvalue weighted by atomic mass is 35.5. The van der Waals surface area contributed by atoms with Gasteiger partial charge < -0.3 is 9.88 Å². The number of nitrogens with zero attached hydrogens (tertiary/aromatic N) is 3. The fourth-order valence-corrected chi connectivity index (χ4v) is 5.31. The average Bonchev–Trinajstić information content (AvgIpc) is 2.94. The lowest BCUT2D eigenvalue weighted by molar-refractivity contribution is 0.0921. The first-order valence-electron chi connectivity index (χ1n) is 11.9. The van der Waals surface area contributed by atoms with E-state index in [9.17, 15) is 4.79 Å². The van der Waals surface area contributed by atoms with Crippen LogP contribution in [0.25, 0.3) is 11.4 Å². The maximum atomic E-state index is 13.1. The second-order valence-electron chi connectivity index (χ2n) is 9.18. The van der Waals surface area contributed by atoms with E-state index in [0.717, 1.165) is 55.9 Å². The first-order chi connectivity index (χ1) is 15.0. The van der Waals surface area contributed by atoms with Crippen LogP contribution in [-0.4, -0.2) is 45.5 Å². The number of fused-ring (bicyclic) bond motifs is 1. The lowest BCUT2D eigenvalue weighted by Gasteiger charge is -2.39. The van der Waals surface area contributed by atoms with E-state index in [4.69, 9.17) is 16.6 Å². The molecule has 0 bridgehead atoms. The molecule has 168 valence electrons. The van der Waals surface area contributed by atoms with Gasteiger partial charge in [-0.25, -0.2) is 4.98 Å². The van der Waals surface area contributed by atoms with Gasteiger partial charge in [0.25, 0.3) is 5.91 Å². The second kappa shape index (κ2) is 10.2. The molecule has 31 heavy (non-hydrogen) atoms. The Kier molecular flexibility index (Phi) is 7.34. The standard InChI is InChI=1S/C25H35ClN4O/c1-18-8-6-9-19(2)29(18)17-7-15-27-25(31)23-22-10-4-3-5-16-30(22)24(28-23)20-11-13-21(26)14-12-20/h11-14,18-19H,3-10,15-17H2,1-2H3,(H,27,31)/t18-,19-/m0/s1. The average molecular weight is 443 g/mol. The number of hydrogen-bond acceptors (Lipinski definition) is 3. The summed E-state index contributed by atoms with van der Waals surface area (Å²) in [5, 5.41) is 3.86. The van der Waals surface area contributed by atoms with Gasteiger partial charge in [0.05, 0.1) is 5.69 Å². The largest absolute Gasteiger partial charge is 0.351 e. The van der Waals surface area contributed by atoms with Crippen LogP contribution in [-0.2, 0) is 13.0 Å². The number of aromatic nitrogens is 2. The number of halogens is 1. The van der Waals surface area contributed by atoms with E-state index in [1.807, 2.05) is 24.3 Å². The highest BCUT2D eigenvalue weighted by Gasteiger charge is 2.25. The Morgan fingerprint density at radius 2 is 1.84 bits per heavy atom. The molecule has 1 N–H and O–H groups in total. The Hall–Kier alpha value is -1.85. The Labute approximate surface area is 191 Å². The molecule has 2 aliphatic rings. The number of amides is 1. The van der Waals surface area contributed by atoms with E-state index >= 15 is 0 Å². The molecule has 0 aliphatic carbocycles. The number of rotatable bonds is 6. The molecular formula is C25H35ClN4O. The molecule has 0 radical (unpaired) electrons. The van der Waals surface area contributed by atoms with Gasteiger partial charge in [0.15, 0.2) is 0 Å². The number of benzene rings is 1. The SMILES string of the molecule is C[C@H]1CCC[C@H](C)N1CCCNC(=O)c1nc(-c2ccc(Cl)cc2)n2c1CCCCC2. The maximum Gasteiger partial charge on any atom is 0.271 e. The van der Waals surface area contributed by atoms with Gasteiger partial charge in [0.2, 0.25) is 0 Å². The molecule has 6 heteroatoms. The summed E-state index contributed by atoms with van der Waals surface area (Å²) in [6.07, 6.45) is 9.20. The molecule has 1 aromatic carbocycles. The molecular weight excluding hydrogens is 408 g/mol. The van der Waals surface area contributed by atoms with Crippen molar-refractivity contribution in [3.63, 3.8) is 0 Å². The molecule has 3 heterocycles. The molecule has 2 aliphatic heterocycles. The van der Waals surface area contributed by atoms with Crippen molar-refractivity contribution in [1.29, 1.82) is 0 Å². The molecule has 1 aromatic heterocycles. The summed E-state index contributed by atoms with van der Waals surface area (Å²) in [5.74, 6) is 0.847. The number of likely N-dealkylation sites (tertiary alicyclic amines) is 1. The van der Waals surface area contributed by atoms with Crippen molar-refractivity contribution in [3.8, 4) is 11.4 Å². The molecule has 1 amide bonds.